The van der Waals surface area contributed by atoms with E-state index in [-0.39, 0.29) is 22.8 Å². The number of ketones is 1. The van der Waals surface area contributed by atoms with E-state index in [1.807, 2.05) is 6.08 Å². The number of carbonyl (C=O) groups excluding carboxylic acids is 2. The number of fused-ring (bicyclic) bond motifs is 5. The molecule has 0 heterocycles. The van der Waals surface area contributed by atoms with Gasteiger partial charge in [-0.2, -0.15) is 0 Å². The minimum atomic E-state index is -0.151. The van der Waals surface area contributed by atoms with Crippen LogP contribution >= 0.6 is 0 Å². The molecule has 0 aromatic carbocycles. The molecule has 6 atom stereocenters. The monoisotopic (exact) mass is 357 g/mol. The van der Waals surface area contributed by atoms with E-state index in [4.69, 9.17) is 0 Å². The van der Waals surface area contributed by atoms with Crippen LogP contribution in [-0.2, 0) is 9.59 Å². The first-order valence-electron chi connectivity index (χ1n) is 10.7. The number of amides is 1. The van der Waals surface area contributed by atoms with Crippen LogP contribution in [0, 0.1) is 35.0 Å². The molecular weight excluding hydrogens is 322 g/mol. The van der Waals surface area contributed by atoms with E-state index >= 15 is 0 Å². The van der Waals surface area contributed by atoms with E-state index in [0.29, 0.717) is 17.6 Å². The van der Waals surface area contributed by atoms with Gasteiger partial charge in [0.2, 0.25) is 5.91 Å². The Bertz CT molecular complexity index is 643. The van der Waals surface area contributed by atoms with Crippen LogP contribution in [-0.4, -0.2) is 17.2 Å². The van der Waals surface area contributed by atoms with Crippen molar-refractivity contribution in [3.8, 4) is 0 Å². The van der Waals surface area contributed by atoms with Crippen molar-refractivity contribution < 1.29 is 9.59 Å². The average molecular weight is 358 g/mol. The summed E-state index contributed by atoms with van der Waals surface area (Å²) in [5.41, 5.74) is 1.47. The Kier molecular flexibility index (Phi) is 4.36. The third-order valence-electron chi connectivity index (χ3n) is 8.11. The smallest absolute Gasteiger partial charge is 0.224 e. The van der Waals surface area contributed by atoms with Gasteiger partial charge in [-0.15, -0.1) is 0 Å². The minimum absolute atomic E-state index is 0.151. The van der Waals surface area contributed by atoms with E-state index in [2.05, 4.69) is 33.0 Å². The highest BCUT2D eigenvalue weighted by Crippen LogP contribution is 2.63. The molecule has 4 aliphatic rings. The highest BCUT2D eigenvalue weighted by atomic mass is 16.2. The zero-order chi connectivity index (χ0) is 18.7. The van der Waals surface area contributed by atoms with Crippen LogP contribution in [0.1, 0.15) is 79.1 Å². The molecule has 144 valence electrons. The normalized spacial score (nSPS) is 42.4. The molecule has 4 rings (SSSR count). The van der Waals surface area contributed by atoms with Crippen LogP contribution in [0.3, 0.4) is 0 Å². The van der Waals surface area contributed by atoms with Gasteiger partial charge >= 0.3 is 0 Å². The highest BCUT2D eigenvalue weighted by Gasteiger charge is 2.57. The quantitative estimate of drug-likeness (QED) is 0.742. The molecule has 0 unspecified atom stereocenters. The van der Waals surface area contributed by atoms with Crippen LogP contribution in [0.5, 0.6) is 0 Å². The summed E-state index contributed by atoms with van der Waals surface area (Å²) in [6, 6.07) is 0. The SMILES string of the molecule is CC(C)(C)NC(=O)[C@H]1CC[C@H]2[C@@H]3CCC4=CC(=O)CC[C@@H]4[C@H]3CC[C@]12C. The third kappa shape index (κ3) is 2.96. The second-order valence-electron chi connectivity index (χ2n) is 10.7. The number of hydrogen-bond acceptors (Lipinski definition) is 2. The van der Waals surface area contributed by atoms with E-state index in [1.54, 1.807) is 0 Å². The Hall–Kier alpha value is -1.12. The topological polar surface area (TPSA) is 46.2 Å². The molecule has 0 saturated heterocycles. The van der Waals surface area contributed by atoms with E-state index in [0.717, 1.165) is 37.5 Å². The molecule has 0 radical (unpaired) electrons. The summed E-state index contributed by atoms with van der Waals surface area (Å²) in [6.45, 7) is 8.64. The number of hydrogen-bond donors (Lipinski definition) is 1. The number of allylic oxidation sites excluding steroid dienone is 1. The van der Waals surface area contributed by atoms with E-state index < -0.39 is 0 Å². The predicted octanol–water partition coefficient (Wildman–Crippen LogP) is 4.66. The first kappa shape index (κ1) is 18.3. The first-order valence-corrected chi connectivity index (χ1v) is 10.7. The molecule has 0 aliphatic heterocycles. The number of nitrogens with one attached hydrogen (secondary N) is 1. The maximum absolute atomic E-state index is 13.0. The molecule has 26 heavy (non-hydrogen) atoms. The second kappa shape index (κ2) is 6.21. The summed E-state index contributed by atoms with van der Waals surface area (Å²) in [5, 5.41) is 3.26. The summed E-state index contributed by atoms with van der Waals surface area (Å²) < 4.78 is 0. The second-order valence-corrected chi connectivity index (χ2v) is 10.7. The lowest BCUT2D eigenvalue weighted by Gasteiger charge is -2.53. The molecule has 1 amide bonds. The summed E-state index contributed by atoms with van der Waals surface area (Å²) >= 11 is 0. The lowest BCUT2D eigenvalue weighted by atomic mass is 9.51. The molecule has 0 aromatic heterocycles. The van der Waals surface area contributed by atoms with Crippen LogP contribution < -0.4 is 5.32 Å². The zero-order valence-electron chi connectivity index (χ0n) is 16.9. The van der Waals surface area contributed by atoms with Gasteiger partial charge in [0.1, 0.15) is 0 Å². The van der Waals surface area contributed by atoms with Crippen LogP contribution in [0.2, 0.25) is 0 Å². The van der Waals surface area contributed by atoms with Crippen molar-refractivity contribution in [2.24, 2.45) is 35.0 Å². The Morgan fingerprint density at radius 1 is 1.08 bits per heavy atom. The standard InChI is InChI=1S/C23H35NO2/c1-22(2,3)24-21(26)20-10-9-19-18-7-5-14-13-15(25)6-8-16(14)17(18)11-12-23(19,20)4/h13,16-20H,5-12H2,1-4H3,(H,24,26)/t16-,17+,18+,19-,20+,23-/m0/s1. The molecule has 0 spiro atoms. The zero-order valence-corrected chi connectivity index (χ0v) is 16.9. The van der Waals surface area contributed by atoms with Gasteiger partial charge in [0.05, 0.1) is 0 Å². The van der Waals surface area contributed by atoms with Crippen LogP contribution in [0.15, 0.2) is 11.6 Å². The minimum Gasteiger partial charge on any atom is -0.351 e. The average Bonchev–Trinajstić information content (AvgIpc) is 2.90. The van der Waals surface area contributed by atoms with Crippen LogP contribution in [0.4, 0.5) is 0 Å². The van der Waals surface area contributed by atoms with Crippen molar-refractivity contribution in [2.75, 3.05) is 0 Å². The number of rotatable bonds is 1. The molecule has 0 aromatic rings. The van der Waals surface area contributed by atoms with Crippen molar-refractivity contribution in [3.05, 3.63) is 11.6 Å². The first-order chi connectivity index (χ1) is 12.2. The summed E-state index contributed by atoms with van der Waals surface area (Å²) in [4.78, 5) is 24.8. The Morgan fingerprint density at radius 3 is 2.58 bits per heavy atom. The summed E-state index contributed by atoms with van der Waals surface area (Å²) in [7, 11) is 0. The number of carbonyl (C=O) groups is 2. The van der Waals surface area contributed by atoms with Gasteiger partial charge in [-0.05, 0) is 101 Å². The maximum Gasteiger partial charge on any atom is 0.224 e. The van der Waals surface area contributed by atoms with Gasteiger partial charge in [-0.3, -0.25) is 9.59 Å². The molecule has 3 nitrogen and oxygen atoms in total. The van der Waals surface area contributed by atoms with E-state index in [9.17, 15) is 9.59 Å². The fraction of sp³-hybridized carbons (Fsp3) is 0.826. The Labute approximate surface area is 158 Å². The van der Waals surface area contributed by atoms with Gasteiger partial charge in [-0.25, -0.2) is 0 Å². The summed E-state index contributed by atoms with van der Waals surface area (Å²) in [6.07, 6.45) is 10.8. The maximum atomic E-state index is 13.0. The van der Waals surface area contributed by atoms with Gasteiger partial charge in [0, 0.05) is 17.9 Å². The van der Waals surface area contributed by atoms with Crippen molar-refractivity contribution in [1.82, 2.24) is 5.32 Å². The third-order valence-corrected chi connectivity index (χ3v) is 8.11. The fourth-order valence-electron chi connectivity index (χ4n) is 7.07. The molecule has 1 N–H and O–H groups in total. The fourth-order valence-corrected chi connectivity index (χ4v) is 7.07. The molecule has 3 fully saturated rings. The predicted molar refractivity (Wildman–Crippen MR) is 103 cm³/mol. The van der Waals surface area contributed by atoms with Gasteiger partial charge in [0.15, 0.2) is 5.78 Å². The summed E-state index contributed by atoms with van der Waals surface area (Å²) in [5.74, 6) is 3.66. The Balaban J connectivity index is 1.54. The largest absolute Gasteiger partial charge is 0.351 e. The van der Waals surface area contributed by atoms with Crippen molar-refractivity contribution in [1.29, 1.82) is 0 Å². The van der Waals surface area contributed by atoms with Gasteiger partial charge in [-0.1, -0.05) is 12.5 Å². The molecule has 3 heteroatoms. The van der Waals surface area contributed by atoms with Gasteiger partial charge in [0.25, 0.3) is 0 Å². The van der Waals surface area contributed by atoms with Crippen molar-refractivity contribution in [2.45, 2.75) is 84.6 Å². The molecule has 0 bridgehead atoms. The van der Waals surface area contributed by atoms with Crippen molar-refractivity contribution >= 4 is 11.7 Å². The molecule has 3 saturated carbocycles. The van der Waals surface area contributed by atoms with Crippen LogP contribution in [0.25, 0.3) is 0 Å². The molecular formula is C23H35NO2. The lowest BCUT2D eigenvalue weighted by Crippen LogP contribution is -2.51. The lowest BCUT2D eigenvalue weighted by molar-refractivity contribution is -0.133. The van der Waals surface area contributed by atoms with E-state index in [1.165, 1.54) is 31.3 Å². The highest BCUT2D eigenvalue weighted by molar-refractivity contribution is 5.91. The molecule has 4 aliphatic carbocycles. The van der Waals surface area contributed by atoms with Crippen molar-refractivity contribution in [3.63, 3.8) is 0 Å². The Morgan fingerprint density at radius 2 is 1.85 bits per heavy atom. The van der Waals surface area contributed by atoms with Gasteiger partial charge < -0.3 is 5.32 Å².